The molecule has 84 valence electrons. The highest BCUT2D eigenvalue weighted by Gasteiger charge is 2.49. The minimum Gasteiger partial charge on any atom is -0.370 e. The molecular formula is C13H15NO2. The molecule has 1 N–H and O–H groups in total. The number of ether oxygens (including phenoxy) is 1. The summed E-state index contributed by atoms with van der Waals surface area (Å²) < 4.78 is 5.32. The number of epoxide rings is 1. The Kier molecular flexibility index (Phi) is 2.40. The van der Waals surface area contributed by atoms with Gasteiger partial charge in [-0.15, -0.1) is 0 Å². The van der Waals surface area contributed by atoms with E-state index < -0.39 is 0 Å². The lowest BCUT2D eigenvalue weighted by Gasteiger charge is -2.11. The van der Waals surface area contributed by atoms with Gasteiger partial charge < -0.3 is 10.1 Å². The molecule has 0 unspecified atom stereocenters. The van der Waals surface area contributed by atoms with Crippen LogP contribution < -0.4 is 5.32 Å². The molecule has 3 heteroatoms. The molecule has 3 rings (SSSR count). The molecule has 1 aromatic carbocycles. The van der Waals surface area contributed by atoms with Crippen LogP contribution >= 0.6 is 0 Å². The van der Waals surface area contributed by atoms with E-state index in [4.69, 9.17) is 4.74 Å². The van der Waals surface area contributed by atoms with Crippen molar-refractivity contribution in [1.82, 2.24) is 5.32 Å². The highest BCUT2D eigenvalue weighted by molar-refractivity contribution is 5.79. The maximum absolute atomic E-state index is 11.8. The number of hydrogen-bond acceptors (Lipinski definition) is 2. The van der Waals surface area contributed by atoms with Crippen LogP contribution in [0.5, 0.6) is 0 Å². The molecule has 1 saturated carbocycles. The minimum absolute atomic E-state index is 0.174. The molecule has 1 heterocycles. The zero-order valence-corrected chi connectivity index (χ0v) is 9.06. The zero-order chi connectivity index (χ0) is 11.0. The third-order valence-electron chi connectivity index (χ3n) is 3.40. The molecular weight excluding hydrogens is 202 g/mol. The van der Waals surface area contributed by atoms with Crippen LogP contribution in [0.2, 0.25) is 0 Å². The quantitative estimate of drug-likeness (QED) is 0.779. The second-order valence-corrected chi connectivity index (χ2v) is 4.58. The van der Waals surface area contributed by atoms with E-state index in [-0.39, 0.29) is 11.8 Å². The fourth-order valence-corrected chi connectivity index (χ4v) is 2.39. The van der Waals surface area contributed by atoms with E-state index in [1.54, 1.807) is 0 Å². The van der Waals surface area contributed by atoms with Gasteiger partial charge in [0.2, 0.25) is 5.91 Å². The fourth-order valence-electron chi connectivity index (χ4n) is 2.39. The van der Waals surface area contributed by atoms with Crippen molar-refractivity contribution in [2.24, 2.45) is 5.92 Å². The van der Waals surface area contributed by atoms with Crippen molar-refractivity contribution in [2.75, 3.05) is 0 Å². The Morgan fingerprint density at radius 3 is 2.62 bits per heavy atom. The monoisotopic (exact) mass is 217 g/mol. The van der Waals surface area contributed by atoms with Gasteiger partial charge in [0.15, 0.2) is 0 Å². The SMILES string of the molecule is O=C(NCc1ccccc1)C1C[C@@H]2O[C@H]2C1. The summed E-state index contributed by atoms with van der Waals surface area (Å²) in [5.41, 5.74) is 1.15. The second-order valence-electron chi connectivity index (χ2n) is 4.58. The lowest BCUT2D eigenvalue weighted by Crippen LogP contribution is -2.29. The van der Waals surface area contributed by atoms with Gasteiger partial charge in [-0.05, 0) is 18.4 Å². The Balaban J connectivity index is 1.50. The summed E-state index contributed by atoms with van der Waals surface area (Å²) in [5, 5.41) is 2.99. The Morgan fingerprint density at radius 1 is 1.25 bits per heavy atom. The Bertz CT molecular complexity index is 380. The number of benzene rings is 1. The Morgan fingerprint density at radius 2 is 1.94 bits per heavy atom. The molecule has 1 amide bonds. The van der Waals surface area contributed by atoms with E-state index in [9.17, 15) is 4.79 Å². The molecule has 16 heavy (non-hydrogen) atoms. The summed E-state index contributed by atoms with van der Waals surface area (Å²) in [6.07, 6.45) is 2.58. The molecule has 2 aliphatic rings. The van der Waals surface area contributed by atoms with Crippen LogP contribution in [0.15, 0.2) is 30.3 Å². The number of carbonyl (C=O) groups is 1. The van der Waals surface area contributed by atoms with Crippen molar-refractivity contribution in [3.63, 3.8) is 0 Å². The van der Waals surface area contributed by atoms with Crippen LogP contribution in [0.3, 0.4) is 0 Å². The molecule has 0 radical (unpaired) electrons. The maximum Gasteiger partial charge on any atom is 0.223 e. The number of amides is 1. The summed E-state index contributed by atoms with van der Waals surface area (Å²) >= 11 is 0. The average molecular weight is 217 g/mol. The van der Waals surface area contributed by atoms with Gasteiger partial charge in [-0.25, -0.2) is 0 Å². The van der Waals surface area contributed by atoms with Gasteiger partial charge in [0, 0.05) is 12.5 Å². The highest BCUT2D eigenvalue weighted by Crippen LogP contribution is 2.42. The van der Waals surface area contributed by atoms with Crippen molar-refractivity contribution >= 4 is 5.91 Å². The van der Waals surface area contributed by atoms with Gasteiger partial charge in [0.25, 0.3) is 0 Å². The van der Waals surface area contributed by atoms with Crippen LogP contribution in [0.4, 0.5) is 0 Å². The lowest BCUT2D eigenvalue weighted by atomic mass is 10.1. The van der Waals surface area contributed by atoms with Crippen LogP contribution in [-0.4, -0.2) is 18.1 Å². The van der Waals surface area contributed by atoms with Crippen LogP contribution in [0.1, 0.15) is 18.4 Å². The second kappa shape index (κ2) is 3.91. The number of hydrogen-bond donors (Lipinski definition) is 1. The van der Waals surface area contributed by atoms with Gasteiger partial charge in [-0.1, -0.05) is 30.3 Å². The number of carbonyl (C=O) groups excluding carboxylic acids is 1. The molecule has 1 saturated heterocycles. The molecule has 1 aliphatic carbocycles. The van der Waals surface area contributed by atoms with Gasteiger partial charge in [-0.3, -0.25) is 4.79 Å². The van der Waals surface area contributed by atoms with Gasteiger partial charge in [-0.2, -0.15) is 0 Å². The molecule has 0 bridgehead atoms. The lowest BCUT2D eigenvalue weighted by molar-refractivity contribution is -0.125. The van der Waals surface area contributed by atoms with E-state index in [1.807, 2.05) is 30.3 Å². The summed E-state index contributed by atoms with van der Waals surface area (Å²) in [6, 6.07) is 10.00. The first-order valence-corrected chi connectivity index (χ1v) is 5.80. The predicted molar refractivity (Wildman–Crippen MR) is 59.7 cm³/mol. The molecule has 2 atom stereocenters. The van der Waals surface area contributed by atoms with Crippen molar-refractivity contribution in [1.29, 1.82) is 0 Å². The molecule has 1 aromatic rings. The maximum atomic E-state index is 11.8. The third kappa shape index (κ3) is 1.95. The summed E-state index contributed by atoms with van der Waals surface area (Å²) in [6.45, 7) is 0.631. The average Bonchev–Trinajstić information content (AvgIpc) is 2.94. The van der Waals surface area contributed by atoms with E-state index >= 15 is 0 Å². The zero-order valence-electron chi connectivity index (χ0n) is 9.06. The van der Waals surface area contributed by atoms with Gasteiger partial charge in [0.05, 0.1) is 12.2 Å². The van der Waals surface area contributed by atoms with E-state index in [1.165, 1.54) is 0 Å². The normalized spacial score (nSPS) is 27.5. The molecule has 2 fully saturated rings. The Hall–Kier alpha value is -1.35. The van der Waals surface area contributed by atoms with Crippen molar-refractivity contribution < 1.29 is 9.53 Å². The van der Waals surface area contributed by atoms with Crippen molar-refractivity contribution in [3.8, 4) is 0 Å². The Labute approximate surface area is 94.8 Å². The van der Waals surface area contributed by atoms with Gasteiger partial charge in [0.1, 0.15) is 0 Å². The first kappa shape index (κ1) is 9.85. The van der Waals surface area contributed by atoms with Crippen molar-refractivity contribution in [3.05, 3.63) is 35.9 Å². The number of fused-ring (bicyclic) bond motifs is 1. The van der Waals surface area contributed by atoms with E-state index in [0.29, 0.717) is 18.8 Å². The largest absolute Gasteiger partial charge is 0.370 e. The summed E-state index contributed by atoms with van der Waals surface area (Å²) in [7, 11) is 0. The number of nitrogens with one attached hydrogen (secondary N) is 1. The smallest absolute Gasteiger partial charge is 0.223 e. The van der Waals surface area contributed by atoms with Crippen molar-refractivity contribution in [2.45, 2.75) is 31.6 Å². The van der Waals surface area contributed by atoms with E-state index in [0.717, 1.165) is 18.4 Å². The molecule has 1 aliphatic heterocycles. The van der Waals surface area contributed by atoms with Crippen LogP contribution in [0.25, 0.3) is 0 Å². The number of rotatable bonds is 3. The van der Waals surface area contributed by atoms with Gasteiger partial charge >= 0.3 is 0 Å². The summed E-state index contributed by atoms with van der Waals surface area (Å²) in [4.78, 5) is 11.8. The topological polar surface area (TPSA) is 41.6 Å². The molecule has 3 nitrogen and oxygen atoms in total. The predicted octanol–water partition coefficient (Wildman–Crippen LogP) is 1.48. The van der Waals surface area contributed by atoms with Crippen LogP contribution in [-0.2, 0) is 16.1 Å². The minimum atomic E-state index is 0.174. The molecule has 0 aromatic heterocycles. The highest BCUT2D eigenvalue weighted by atomic mass is 16.6. The van der Waals surface area contributed by atoms with E-state index in [2.05, 4.69) is 5.32 Å². The standard InChI is InChI=1S/C13H15NO2/c15-13(10-6-11-12(7-10)16-11)14-8-9-4-2-1-3-5-9/h1-5,10-12H,6-8H2,(H,14,15)/t11-,12-/m0/s1. The third-order valence-corrected chi connectivity index (χ3v) is 3.40. The summed E-state index contributed by atoms with van der Waals surface area (Å²) in [5.74, 6) is 0.354. The first-order chi connectivity index (χ1) is 7.83. The first-order valence-electron chi connectivity index (χ1n) is 5.80. The fraction of sp³-hybridized carbons (Fsp3) is 0.462. The molecule has 0 spiro atoms. The van der Waals surface area contributed by atoms with Crippen LogP contribution in [0, 0.1) is 5.92 Å².